The third-order valence-corrected chi connectivity index (χ3v) is 16.0. The predicted molar refractivity (Wildman–Crippen MR) is 269 cm³/mol. The zero-order chi connectivity index (χ0) is 44.1. The number of nitrogens with zero attached hydrogens (tertiary/aromatic N) is 3. The summed E-state index contributed by atoms with van der Waals surface area (Å²) in [5.74, 6) is 0.575. The zero-order valence-corrected chi connectivity index (χ0v) is 38.2. The van der Waals surface area contributed by atoms with E-state index >= 15 is 0 Å². The van der Waals surface area contributed by atoms with Gasteiger partial charge >= 0.3 is 0 Å². The molecule has 0 saturated carbocycles. The average Bonchev–Trinajstić information content (AvgIpc) is 3.72. The van der Waals surface area contributed by atoms with E-state index in [1.54, 1.807) is 16.7 Å². The molecule has 4 unspecified atom stereocenters. The Hall–Kier alpha value is -6.65. The van der Waals surface area contributed by atoms with Gasteiger partial charge in [-0.3, -0.25) is 15.0 Å². The van der Waals surface area contributed by atoms with Gasteiger partial charge in [0.15, 0.2) is 0 Å². The van der Waals surface area contributed by atoms with E-state index in [0.717, 1.165) is 65.2 Å². The first-order chi connectivity index (χ1) is 31.6. The fourth-order valence-corrected chi connectivity index (χ4v) is 12.3. The van der Waals surface area contributed by atoms with Crippen LogP contribution >= 0.6 is 0 Å². The Balaban J connectivity index is 1.03. The molecule has 6 aromatic rings. The van der Waals surface area contributed by atoms with Crippen molar-refractivity contribution in [3.05, 3.63) is 214 Å². The smallest absolute Gasteiger partial charge is 0.145 e. The first kappa shape index (κ1) is 39.9. The molecule has 0 spiro atoms. The van der Waals surface area contributed by atoms with Gasteiger partial charge in [0.05, 0.1) is 22.8 Å². The fourth-order valence-electron chi connectivity index (χ4n) is 12.3. The number of hydrogen-bond acceptors (Lipinski definition) is 4. The first-order valence-electron chi connectivity index (χ1n) is 23.8. The third kappa shape index (κ3) is 6.43. The Labute approximate surface area is 384 Å². The lowest BCUT2D eigenvalue weighted by Gasteiger charge is -2.43. The van der Waals surface area contributed by atoms with Gasteiger partial charge in [-0.25, -0.2) is 0 Å². The molecule has 3 heterocycles. The lowest BCUT2D eigenvalue weighted by Crippen LogP contribution is -2.35. The molecule has 12 rings (SSSR count). The number of anilines is 1. The van der Waals surface area contributed by atoms with Crippen molar-refractivity contribution in [3.8, 4) is 33.5 Å². The molecule has 320 valence electrons. The predicted octanol–water partition coefficient (Wildman–Crippen LogP) is 15.0. The van der Waals surface area contributed by atoms with Crippen LogP contribution in [-0.4, -0.2) is 15.7 Å². The molecular formula is C61H56N4. The molecular weight excluding hydrogens is 789 g/mol. The maximum absolute atomic E-state index is 5.76. The summed E-state index contributed by atoms with van der Waals surface area (Å²) >= 11 is 0. The number of aliphatic imine (C=N–C) groups is 1. The molecule has 4 aromatic carbocycles. The number of nitrogens with one attached hydrogen (secondary N) is 1. The highest BCUT2D eigenvalue weighted by molar-refractivity contribution is 6.12. The minimum Gasteiger partial charge on any atom is -0.359 e. The first-order valence-corrected chi connectivity index (χ1v) is 23.8. The van der Waals surface area contributed by atoms with Crippen LogP contribution in [-0.2, 0) is 10.8 Å². The van der Waals surface area contributed by atoms with Gasteiger partial charge in [-0.1, -0.05) is 144 Å². The van der Waals surface area contributed by atoms with Crippen molar-refractivity contribution in [2.45, 2.75) is 83.7 Å². The summed E-state index contributed by atoms with van der Waals surface area (Å²) in [4.78, 5) is 15.1. The summed E-state index contributed by atoms with van der Waals surface area (Å²) < 4.78 is 0. The Kier molecular flexibility index (Phi) is 9.18. The summed E-state index contributed by atoms with van der Waals surface area (Å²) in [7, 11) is 0. The van der Waals surface area contributed by atoms with Crippen molar-refractivity contribution in [2.24, 2.45) is 22.2 Å². The van der Waals surface area contributed by atoms with Crippen LogP contribution in [0.25, 0.3) is 39.1 Å². The van der Waals surface area contributed by atoms with Crippen LogP contribution in [0.2, 0.25) is 0 Å². The quantitative estimate of drug-likeness (QED) is 0.182. The van der Waals surface area contributed by atoms with Gasteiger partial charge in [-0.05, 0) is 153 Å². The third-order valence-electron chi connectivity index (χ3n) is 16.0. The largest absolute Gasteiger partial charge is 0.359 e. The molecule has 0 bridgehead atoms. The maximum atomic E-state index is 5.76. The SMILES string of the molecule is CC1(c2cc3c(c(-c4ccc5c(c4)C(C)(C)c4ccccc4-5)c2)NC(c2ccc(-c4ccccn4)cc2)N=C3C2C=CC(c3ccccn3)=CC2)CC=C2C3=C(C=CCC3)C(C)(C)C2C1. The molecule has 4 atom stereocenters. The monoisotopic (exact) mass is 844 g/mol. The van der Waals surface area contributed by atoms with Crippen LogP contribution < -0.4 is 5.32 Å². The van der Waals surface area contributed by atoms with E-state index in [9.17, 15) is 0 Å². The highest BCUT2D eigenvalue weighted by atomic mass is 15.1. The molecule has 5 aliphatic carbocycles. The molecule has 4 nitrogen and oxygen atoms in total. The van der Waals surface area contributed by atoms with E-state index in [1.807, 2.05) is 30.6 Å². The lowest BCUT2D eigenvalue weighted by atomic mass is 9.61. The molecule has 1 aliphatic heterocycles. The van der Waals surface area contributed by atoms with Crippen molar-refractivity contribution in [3.63, 3.8) is 0 Å². The lowest BCUT2D eigenvalue weighted by molar-refractivity contribution is 0.241. The summed E-state index contributed by atoms with van der Waals surface area (Å²) in [5, 5.41) is 4.10. The number of benzene rings is 4. The van der Waals surface area contributed by atoms with Gasteiger partial charge in [0.25, 0.3) is 0 Å². The molecule has 2 aromatic heterocycles. The molecule has 6 aliphatic rings. The van der Waals surface area contributed by atoms with E-state index in [2.05, 4.69) is 178 Å². The molecule has 0 radical (unpaired) electrons. The summed E-state index contributed by atoms with van der Waals surface area (Å²) in [6.07, 6.45) is 23.2. The van der Waals surface area contributed by atoms with Crippen molar-refractivity contribution in [1.82, 2.24) is 9.97 Å². The number of pyridine rings is 2. The normalized spacial score (nSPS) is 24.1. The van der Waals surface area contributed by atoms with Crippen LogP contribution in [0.5, 0.6) is 0 Å². The highest BCUT2D eigenvalue weighted by Crippen LogP contribution is 2.60. The minimum absolute atomic E-state index is 0.0719. The van der Waals surface area contributed by atoms with E-state index in [-0.39, 0.29) is 28.3 Å². The Morgan fingerprint density at radius 3 is 2.17 bits per heavy atom. The molecule has 0 amide bonds. The zero-order valence-electron chi connectivity index (χ0n) is 38.2. The second kappa shape index (κ2) is 15.0. The molecule has 0 fully saturated rings. The summed E-state index contributed by atoms with van der Waals surface area (Å²) in [5.41, 5.74) is 23.0. The Bertz CT molecular complexity index is 3100. The second-order valence-electron chi connectivity index (χ2n) is 20.6. The van der Waals surface area contributed by atoms with Gasteiger partial charge < -0.3 is 5.32 Å². The molecule has 1 N–H and O–H groups in total. The van der Waals surface area contributed by atoms with Crippen LogP contribution in [0, 0.1) is 17.3 Å². The fraction of sp³-hybridized carbons (Fsp3) is 0.262. The Morgan fingerprint density at radius 2 is 1.40 bits per heavy atom. The number of fused-ring (bicyclic) bond motifs is 6. The maximum Gasteiger partial charge on any atom is 0.145 e. The van der Waals surface area contributed by atoms with E-state index in [1.165, 1.54) is 50.9 Å². The van der Waals surface area contributed by atoms with Gasteiger partial charge in [0.2, 0.25) is 0 Å². The average molecular weight is 845 g/mol. The number of aromatic nitrogens is 2. The van der Waals surface area contributed by atoms with Gasteiger partial charge in [-0.2, -0.15) is 0 Å². The van der Waals surface area contributed by atoms with Gasteiger partial charge in [0, 0.05) is 40.4 Å². The van der Waals surface area contributed by atoms with Gasteiger partial charge in [0.1, 0.15) is 6.17 Å². The standard InChI is InChI=1S/C61H56N4/c1-59(2)50-16-8-6-14-44(50)46-29-28-42(34-52(46)59)48-35-43(61(5)31-30-47-45-15-7-9-17-51(45)60(3,4)53(47)37-61)36-49-56(40-24-20-38(21-25-40)54-18-10-12-32-62-54)64-58(65-57(48)49)41-26-22-39(23-27-41)55-19-11-13-33-63-55/h6,8-14,16-24,26-30,32-36,40,53,58,65H,7,15,25,31,37H2,1-5H3. The summed E-state index contributed by atoms with van der Waals surface area (Å²) in [6, 6.07) is 42.4. The van der Waals surface area contributed by atoms with Crippen LogP contribution in [0.1, 0.15) is 106 Å². The van der Waals surface area contributed by atoms with Crippen LogP contribution in [0.3, 0.4) is 0 Å². The number of rotatable bonds is 6. The second-order valence-corrected chi connectivity index (χ2v) is 20.6. The van der Waals surface area contributed by atoms with E-state index < -0.39 is 0 Å². The highest BCUT2D eigenvalue weighted by Gasteiger charge is 2.49. The van der Waals surface area contributed by atoms with Gasteiger partial charge in [-0.15, -0.1) is 0 Å². The topological polar surface area (TPSA) is 50.2 Å². The van der Waals surface area contributed by atoms with E-state index in [0.29, 0.717) is 5.92 Å². The van der Waals surface area contributed by atoms with Crippen molar-refractivity contribution >= 4 is 17.0 Å². The minimum atomic E-state index is -0.273. The number of allylic oxidation sites excluding steroid dienone is 10. The van der Waals surface area contributed by atoms with E-state index in [4.69, 9.17) is 9.98 Å². The molecule has 4 heteroatoms. The van der Waals surface area contributed by atoms with Crippen molar-refractivity contribution in [1.29, 1.82) is 0 Å². The molecule has 0 saturated heterocycles. The van der Waals surface area contributed by atoms with Crippen LogP contribution in [0.15, 0.2) is 186 Å². The Morgan fingerprint density at radius 1 is 0.662 bits per heavy atom. The summed E-state index contributed by atoms with van der Waals surface area (Å²) in [6.45, 7) is 12.3. The van der Waals surface area contributed by atoms with Crippen LogP contribution in [0.4, 0.5) is 5.69 Å². The van der Waals surface area contributed by atoms with Crippen molar-refractivity contribution < 1.29 is 0 Å². The van der Waals surface area contributed by atoms with Crippen molar-refractivity contribution in [2.75, 3.05) is 5.32 Å². The number of hydrogen-bond donors (Lipinski definition) is 1. The molecule has 65 heavy (non-hydrogen) atoms.